The SMILES string of the molecule is C/C=C/C=C/C(=O)OCC.[H-].[K+]. The van der Waals surface area contributed by atoms with Crippen LogP contribution in [0.3, 0.4) is 0 Å². The van der Waals surface area contributed by atoms with Crippen molar-refractivity contribution in [2.45, 2.75) is 13.8 Å². The van der Waals surface area contributed by atoms with Gasteiger partial charge in [0.05, 0.1) is 6.61 Å². The fourth-order valence-corrected chi connectivity index (χ4v) is 0.436. The standard InChI is InChI=1S/C8H12O2.K.H/c1-3-5-6-7-8(9)10-4-2;;/h3,5-7H,4H2,1-2H3;;/q;+1;-1/b5-3+,7-6+;;. The van der Waals surface area contributed by atoms with Crippen molar-refractivity contribution < 1.29 is 62.3 Å². The number of carbonyl (C=O) groups is 1. The molecule has 0 amide bonds. The molecule has 2 nitrogen and oxygen atoms in total. The Kier molecular flexibility index (Phi) is 13.6. The van der Waals surface area contributed by atoms with E-state index in [-0.39, 0.29) is 58.8 Å². The Balaban J connectivity index is -0.000000405. The molecule has 0 N–H and O–H groups in total. The molecule has 11 heavy (non-hydrogen) atoms. The molecule has 0 aromatic rings. The van der Waals surface area contributed by atoms with Crippen molar-refractivity contribution in [1.29, 1.82) is 0 Å². The normalized spacial score (nSPS) is 10.0. The average molecular weight is 180 g/mol. The molecule has 0 unspecified atom stereocenters. The van der Waals surface area contributed by atoms with Crippen molar-refractivity contribution in [2.75, 3.05) is 6.61 Å². The summed E-state index contributed by atoms with van der Waals surface area (Å²) in [6, 6.07) is 0. The summed E-state index contributed by atoms with van der Waals surface area (Å²) in [5.41, 5.74) is 0. The fraction of sp³-hybridized carbons (Fsp3) is 0.375. The molecule has 0 atom stereocenters. The van der Waals surface area contributed by atoms with E-state index in [2.05, 4.69) is 4.74 Å². The third-order valence-electron chi connectivity index (χ3n) is 0.822. The molecule has 0 rings (SSSR count). The summed E-state index contributed by atoms with van der Waals surface area (Å²) in [5, 5.41) is 0. The van der Waals surface area contributed by atoms with E-state index in [9.17, 15) is 4.79 Å². The first kappa shape index (κ1) is 14.1. The van der Waals surface area contributed by atoms with E-state index in [1.165, 1.54) is 6.08 Å². The topological polar surface area (TPSA) is 26.3 Å². The molecule has 0 aromatic carbocycles. The second kappa shape index (κ2) is 10.6. The molecule has 0 radical (unpaired) electrons. The maximum Gasteiger partial charge on any atom is 1.00 e. The minimum Gasteiger partial charge on any atom is -1.00 e. The van der Waals surface area contributed by atoms with Gasteiger partial charge in [-0.3, -0.25) is 0 Å². The molecule has 0 spiro atoms. The minimum absolute atomic E-state index is 0. The van der Waals surface area contributed by atoms with Gasteiger partial charge in [-0.1, -0.05) is 18.2 Å². The van der Waals surface area contributed by atoms with Crippen LogP contribution in [-0.4, -0.2) is 12.6 Å². The van der Waals surface area contributed by atoms with E-state index >= 15 is 0 Å². The maximum absolute atomic E-state index is 10.6. The zero-order valence-corrected chi connectivity index (χ0v) is 10.5. The van der Waals surface area contributed by atoms with Crippen molar-refractivity contribution in [2.24, 2.45) is 0 Å². The quantitative estimate of drug-likeness (QED) is 0.236. The number of ether oxygens (including phenoxy) is 1. The molecule has 0 fully saturated rings. The Labute approximate surface area is 112 Å². The van der Waals surface area contributed by atoms with Crippen LogP contribution in [0.1, 0.15) is 15.3 Å². The van der Waals surface area contributed by atoms with E-state index in [1.54, 1.807) is 19.1 Å². The van der Waals surface area contributed by atoms with E-state index in [0.717, 1.165) is 0 Å². The number of rotatable bonds is 3. The van der Waals surface area contributed by atoms with Gasteiger partial charge in [0.25, 0.3) is 0 Å². The Morgan fingerprint density at radius 1 is 1.55 bits per heavy atom. The first-order valence-corrected chi connectivity index (χ1v) is 3.27. The van der Waals surface area contributed by atoms with Gasteiger partial charge in [-0.2, -0.15) is 0 Å². The molecule has 0 bridgehead atoms. The number of esters is 1. The van der Waals surface area contributed by atoms with E-state index in [1.807, 2.05) is 13.0 Å². The molecule has 0 aliphatic carbocycles. The first-order valence-electron chi connectivity index (χ1n) is 3.27. The molecule has 0 saturated carbocycles. The summed E-state index contributed by atoms with van der Waals surface area (Å²) in [6.45, 7) is 4.09. The fourth-order valence-electron chi connectivity index (χ4n) is 0.436. The molecule has 0 saturated heterocycles. The smallest absolute Gasteiger partial charge is 1.00 e. The van der Waals surface area contributed by atoms with Crippen LogP contribution in [0, 0.1) is 0 Å². The molecule has 0 heterocycles. The molecule has 0 aliphatic heterocycles. The van der Waals surface area contributed by atoms with Crippen LogP contribution in [0.15, 0.2) is 24.3 Å². The predicted molar refractivity (Wildman–Crippen MR) is 41.7 cm³/mol. The Hall–Kier alpha value is 0.586. The van der Waals surface area contributed by atoms with Crippen molar-refractivity contribution >= 4 is 5.97 Å². The monoisotopic (exact) mass is 180 g/mol. The Morgan fingerprint density at radius 3 is 2.64 bits per heavy atom. The third-order valence-corrected chi connectivity index (χ3v) is 0.822. The van der Waals surface area contributed by atoms with Gasteiger partial charge in [0.1, 0.15) is 0 Å². The van der Waals surface area contributed by atoms with Crippen LogP contribution < -0.4 is 51.4 Å². The van der Waals surface area contributed by atoms with Crippen LogP contribution in [0.5, 0.6) is 0 Å². The summed E-state index contributed by atoms with van der Waals surface area (Å²) < 4.78 is 4.63. The largest absolute Gasteiger partial charge is 1.00 e. The number of allylic oxidation sites excluding steroid dienone is 3. The van der Waals surface area contributed by atoms with Crippen LogP contribution in [-0.2, 0) is 9.53 Å². The zero-order chi connectivity index (χ0) is 7.82. The number of carbonyl (C=O) groups excluding carboxylic acids is 1. The van der Waals surface area contributed by atoms with Crippen molar-refractivity contribution in [3.63, 3.8) is 0 Å². The maximum atomic E-state index is 10.6. The number of hydrogen-bond acceptors (Lipinski definition) is 2. The Bertz CT molecular complexity index is 155. The molecule has 58 valence electrons. The van der Waals surface area contributed by atoms with Crippen molar-refractivity contribution in [3.05, 3.63) is 24.3 Å². The van der Waals surface area contributed by atoms with Crippen molar-refractivity contribution in [1.82, 2.24) is 0 Å². The van der Waals surface area contributed by atoms with Gasteiger partial charge in [0, 0.05) is 6.08 Å². The Morgan fingerprint density at radius 2 is 2.18 bits per heavy atom. The van der Waals surface area contributed by atoms with Gasteiger partial charge in [0.2, 0.25) is 0 Å². The average Bonchev–Trinajstić information content (AvgIpc) is 1.89. The summed E-state index contributed by atoms with van der Waals surface area (Å²) >= 11 is 0. The van der Waals surface area contributed by atoms with Gasteiger partial charge in [-0.25, -0.2) is 4.79 Å². The third kappa shape index (κ3) is 10.6. The summed E-state index contributed by atoms with van der Waals surface area (Å²) in [6.07, 6.45) is 6.66. The molecular weight excluding hydrogens is 167 g/mol. The second-order valence-corrected chi connectivity index (χ2v) is 1.64. The molecule has 0 aromatic heterocycles. The van der Waals surface area contributed by atoms with E-state index in [0.29, 0.717) is 6.61 Å². The summed E-state index contributed by atoms with van der Waals surface area (Å²) in [7, 11) is 0. The second-order valence-electron chi connectivity index (χ2n) is 1.64. The van der Waals surface area contributed by atoms with Gasteiger partial charge in [-0.15, -0.1) is 0 Å². The summed E-state index contributed by atoms with van der Waals surface area (Å²) in [4.78, 5) is 10.6. The molecular formula is C8H13KO2. The van der Waals surface area contributed by atoms with Gasteiger partial charge >= 0.3 is 57.4 Å². The van der Waals surface area contributed by atoms with Crippen LogP contribution >= 0.6 is 0 Å². The zero-order valence-electron chi connectivity index (χ0n) is 8.33. The van der Waals surface area contributed by atoms with Crippen molar-refractivity contribution in [3.8, 4) is 0 Å². The van der Waals surface area contributed by atoms with Crippen LogP contribution in [0.4, 0.5) is 0 Å². The summed E-state index contributed by atoms with van der Waals surface area (Å²) in [5.74, 6) is -0.291. The van der Waals surface area contributed by atoms with Gasteiger partial charge in [-0.05, 0) is 13.8 Å². The minimum atomic E-state index is -0.291. The number of hydrogen-bond donors (Lipinski definition) is 0. The van der Waals surface area contributed by atoms with Gasteiger partial charge in [0.15, 0.2) is 0 Å². The predicted octanol–water partition coefficient (Wildman–Crippen LogP) is -1.20. The van der Waals surface area contributed by atoms with E-state index in [4.69, 9.17) is 0 Å². The molecule has 0 aliphatic rings. The van der Waals surface area contributed by atoms with Crippen LogP contribution in [0.2, 0.25) is 0 Å². The van der Waals surface area contributed by atoms with Crippen LogP contribution in [0.25, 0.3) is 0 Å². The van der Waals surface area contributed by atoms with Gasteiger partial charge < -0.3 is 6.16 Å². The molecule has 3 heteroatoms. The first-order chi connectivity index (χ1) is 4.81. The van der Waals surface area contributed by atoms with E-state index < -0.39 is 0 Å².